The van der Waals surface area contributed by atoms with E-state index in [1.54, 1.807) is 0 Å². The first kappa shape index (κ1) is 13.4. The van der Waals surface area contributed by atoms with Crippen LogP contribution in [0.2, 0.25) is 5.02 Å². The van der Waals surface area contributed by atoms with Gasteiger partial charge in [-0.1, -0.05) is 29.8 Å². The molecule has 0 bridgehead atoms. The molecule has 1 aliphatic heterocycles. The zero-order chi connectivity index (χ0) is 12.8. The van der Waals surface area contributed by atoms with Gasteiger partial charge >= 0.3 is 0 Å². The Morgan fingerprint density at radius 1 is 1.28 bits per heavy atom. The van der Waals surface area contributed by atoms with Gasteiger partial charge in [0.15, 0.2) is 0 Å². The summed E-state index contributed by atoms with van der Waals surface area (Å²) in [5.41, 5.74) is 1.08. The smallest absolute Gasteiger partial charge is 0.223 e. The number of nitrogens with one attached hydrogen (secondary N) is 1. The Kier molecular flexibility index (Phi) is 5.02. The van der Waals surface area contributed by atoms with Gasteiger partial charge in [0.05, 0.1) is 0 Å². The molecule has 98 valence electrons. The van der Waals surface area contributed by atoms with Gasteiger partial charge in [-0.3, -0.25) is 4.79 Å². The van der Waals surface area contributed by atoms with Crippen molar-refractivity contribution in [1.29, 1.82) is 0 Å². The number of hydrogen-bond donors (Lipinski definition) is 1. The van der Waals surface area contributed by atoms with E-state index >= 15 is 0 Å². The fraction of sp³-hybridized carbons (Fsp3) is 0.500. The Bertz CT molecular complexity index is 403. The molecule has 0 atom stereocenters. The van der Waals surface area contributed by atoms with Gasteiger partial charge in [0.1, 0.15) is 0 Å². The monoisotopic (exact) mass is 266 g/mol. The Labute approximate surface area is 113 Å². The molecule has 1 aliphatic rings. The van der Waals surface area contributed by atoms with Crippen molar-refractivity contribution in [2.75, 3.05) is 19.6 Å². The van der Waals surface area contributed by atoms with Gasteiger partial charge in [0.2, 0.25) is 5.91 Å². The third-order valence-electron chi connectivity index (χ3n) is 3.25. The summed E-state index contributed by atoms with van der Waals surface area (Å²) in [6, 6.07) is 7.77. The molecule has 1 aromatic rings. The van der Waals surface area contributed by atoms with Crippen LogP contribution in [-0.4, -0.2) is 30.4 Å². The minimum absolute atomic E-state index is 0.263. The maximum atomic E-state index is 11.8. The minimum Gasteiger partial charge on any atom is -0.343 e. The highest BCUT2D eigenvalue weighted by atomic mass is 35.5. The Morgan fingerprint density at radius 3 is 2.72 bits per heavy atom. The average molecular weight is 267 g/mol. The lowest BCUT2D eigenvalue weighted by Gasteiger charge is -2.15. The highest BCUT2D eigenvalue weighted by Crippen LogP contribution is 2.14. The van der Waals surface area contributed by atoms with Gasteiger partial charge < -0.3 is 10.2 Å². The zero-order valence-corrected chi connectivity index (χ0v) is 11.2. The first-order valence-electron chi connectivity index (χ1n) is 6.49. The minimum atomic E-state index is 0.263. The molecule has 1 amide bonds. The highest BCUT2D eigenvalue weighted by molar-refractivity contribution is 6.31. The predicted octanol–water partition coefficient (Wildman–Crippen LogP) is 2.44. The van der Waals surface area contributed by atoms with Gasteiger partial charge in [-0.05, 0) is 24.5 Å². The molecule has 1 heterocycles. The number of likely N-dealkylation sites (tertiary alicyclic amines) is 1. The van der Waals surface area contributed by atoms with Gasteiger partial charge in [-0.25, -0.2) is 0 Å². The van der Waals surface area contributed by atoms with Crippen molar-refractivity contribution < 1.29 is 4.79 Å². The number of hydrogen-bond acceptors (Lipinski definition) is 2. The second-order valence-corrected chi connectivity index (χ2v) is 5.01. The topological polar surface area (TPSA) is 32.3 Å². The quantitative estimate of drug-likeness (QED) is 0.831. The normalized spacial score (nSPS) is 15.1. The van der Waals surface area contributed by atoms with Gasteiger partial charge in [0, 0.05) is 37.6 Å². The van der Waals surface area contributed by atoms with Crippen LogP contribution in [-0.2, 0) is 11.3 Å². The van der Waals surface area contributed by atoms with E-state index in [1.165, 1.54) is 0 Å². The molecule has 0 saturated carbocycles. The number of amides is 1. The van der Waals surface area contributed by atoms with Crippen LogP contribution >= 0.6 is 11.6 Å². The summed E-state index contributed by atoms with van der Waals surface area (Å²) in [5.74, 6) is 0.263. The fourth-order valence-corrected chi connectivity index (χ4v) is 2.39. The number of benzene rings is 1. The molecule has 0 aromatic heterocycles. The lowest BCUT2D eigenvalue weighted by molar-refractivity contribution is -0.130. The fourth-order valence-electron chi connectivity index (χ4n) is 2.18. The number of carbonyl (C=O) groups excluding carboxylic acids is 1. The number of nitrogens with zero attached hydrogens (tertiary/aromatic N) is 1. The molecule has 4 heteroatoms. The molecule has 0 aliphatic carbocycles. The number of carbonyl (C=O) groups is 1. The highest BCUT2D eigenvalue weighted by Gasteiger charge is 2.16. The Balaban J connectivity index is 1.67. The number of halogens is 1. The van der Waals surface area contributed by atoms with Crippen molar-refractivity contribution in [3.63, 3.8) is 0 Å². The van der Waals surface area contributed by atoms with Crippen molar-refractivity contribution in [2.45, 2.75) is 25.8 Å². The van der Waals surface area contributed by atoms with E-state index in [9.17, 15) is 4.79 Å². The van der Waals surface area contributed by atoms with Crippen LogP contribution < -0.4 is 5.32 Å². The molecular formula is C14H19ClN2O. The molecule has 1 aromatic carbocycles. The second-order valence-electron chi connectivity index (χ2n) is 4.61. The summed E-state index contributed by atoms with van der Waals surface area (Å²) >= 11 is 6.05. The largest absolute Gasteiger partial charge is 0.343 e. The molecule has 2 rings (SSSR count). The molecule has 1 N–H and O–H groups in total. The summed E-state index contributed by atoms with van der Waals surface area (Å²) in [5, 5.41) is 4.04. The van der Waals surface area contributed by atoms with Crippen LogP contribution in [0.15, 0.2) is 24.3 Å². The van der Waals surface area contributed by atoms with E-state index in [1.807, 2.05) is 29.2 Å². The van der Waals surface area contributed by atoms with Crippen LogP contribution in [0.5, 0.6) is 0 Å². The summed E-state index contributed by atoms with van der Waals surface area (Å²) in [7, 11) is 0. The lowest BCUT2D eigenvalue weighted by Crippen LogP contribution is -2.30. The molecule has 0 spiro atoms. The predicted molar refractivity (Wildman–Crippen MR) is 73.6 cm³/mol. The summed E-state index contributed by atoms with van der Waals surface area (Å²) in [4.78, 5) is 13.7. The Hall–Kier alpha value is -1.06. The molecule has 3 nitrogen and oxygen atoms in total. The molecular weight excluding hydrogens is 248 g/mol. The molecule has 1 fully saturated rings. The summed E-state index contributed by atoms with van der Waals surface area (Å²) in [6.45, 7) is 3.29. The van der Waals surface area contributed by atoms with Crippen molar-refractivity contribution in [3.8, 4) is 0 Å². The lowest BCUT2D eigenvalue weighted by atomic mass is 10.2. The third-order valence-corrected chi connectivity index (χ3v) is 3.62. The molecule has 0 unspecified atom stereocenters. The van der Waals surface area contributed by atoms with Gasteiger partial charge in [-0.15, -0.1) is 0 Å². The van der Waals surface area contributed by atoms with Gasteiger partial charge in [0.25, 0.3) is 0 Å². The average Bonchev–Trinajstić information content (AvgIpc) is 2.90. The van der Waals surface area contributed by atoms with E-state index in [-0.39, 0.29) is 5.91 Å². The van der Waals surface area contributed by atoms with Gasteiger partial charge in [-0.2, -0.15) is 0 Å². The van der Waals surface area contributed by atoms with Crippen molar-refractivity contribution in [2.24, 2.45) is 0 Å². The Morgan fingerprint density at radius 2 is 2.00 bits per heavy atom. The first-order chi connectivity index (χ1) is 8.77. The third kappa shape index (κ3) is 3.72. The van der Waals surface area contributed by atoms with E-state index in [0.717, 1.165) is 36.5 Å². The van der Waals surface area contributed by atoms with E-state index in [4.69, 9.17) is 11.6 Å². The van der Waals surface area contributed by atoms with Crippen LogP contribution in [0.3, 0.4) is 0 Å². The van der Waals surface area contributed by atoms with Crippen LogP contribution in [0.4, 0.5) is 0 Å². The number of rotatable bonds is 5. The van der Waals surface area contributed by atoms with E-state index in [2.05, 4.69) is 5.32 Å². The molecule has 1 saturated heterocycles. The van der Waals surface area contributed by atoms with E-state index < -0.39 is 0 Å². The molecule has 18 heavy (non-hydrogen) atoms. The van der Waals surface area contributed by atoms with Crippen LogP contribution in [0, 0.1) is 0 Å². The molecule has 0 radical (unpaired) electrons. The second kappa shape index (κ2) is 6.76. The SMILES string of the molecule is O=C(CCNCc1ccccc1Cl)N1CCCC1. The van der Waals surface area contributed by atoms with E-state index in [0.29, 0.717) is 19.5 Å². The standard InChI is InChI=1S/C14H19ClN2O/c15-13-6-2-1-5-12(13)11-16-8-7-14(18)17-9-3-4-10-17/h1-2,5-6,16H,3-4,7-11H2. The van der Waals surface area contributed by atoms with Crippen molar-refractivity contribution in [1.82, 2.24) is 10.2 Å². The zero-order valence-electron chi connectivity index (χ0n) is 10.5. The summed E-state index contributed by atoms with van der Waals surface area (Å²) in [6.07, 6.45) is 2.88. The maximum Gasteiger partial charge on any atom is 0.223 e. The maximum absolute atomic E-state index is 11.8. The summed E-state index contributed by atoms with van der Waals surface area (Å²) < 4.78 is 0. The first-order valence-corrected chi connectivity index (χ1v) is 6.87. The van der Waals surface area contributed by atoms with Crippen molar-refractivity contribution in [3.05, 3.63) is 34.9 Å². The van der Waals surface area contributed by atoms with Crippen LogP contribution in [0.25, 0.3) is 0 Å². The van der Waals surface area contributed by atoms with Crippen LogP contribution in [0.1, 0.15) is 24.8 Å². The van der Waals surface area contributed by atoms with Crippen molar-refractivity contribution >= 4 is 17.5 Å².